The van der Waals surface area contributed by atoms with Crippen LogP contribution in [0.15, 0.2) is 30.3 Å². The first-order valence-corrected chi connectivity index (χ1v) is 9.18. The Bertz CT molecular complexity index is 805. The Morgan fingerprint density at radius 1 is 0.897 bits per heavy atom. The van der Waals surface area contributed by atoms with Gasteiger partial charge in [-0.3, -0.25) is 14.4 Å². The van der Waals surface area contributed by atoms with Crippen LogP contribution in [0.4, 0.5) is 0 Å². The van der Waals surface area contributed by atoms with Crippen LogP contribution in [0.1, 0.15) is 44.0 Å². The van der Waals surface area contributed by atoms with E-state index in [1.54, 1.807) is 30.3 Å². The van der Waals surface area contributed by atoms with Gasteiger partial charge in [0, 0.05) is 20.8 Å². The summed E-state index contributed by atoms with van der Waals surface area (Å²) in [6.45, 7) is 3.55. The van der Waals surface area contributed by atoms with Crippen molar-refractivity contribution in [3.8, 4) is 0 Å². The van der Waals surface area contributed by atoms with E-state index < -0.39 is 54.1 Å². The lowest BCUT2D eigenvalue weighted by atomic mass is 9.72. The van der Waals surface area contributed by atoms with Crippen LogP contribution in [-0.4, -0.2) is 54.1 Å². The number of carbonyl (C=O) groups excluding carboxylic acids is 4. The maximum Gasteiger partial charge on any atom is 0.338 e. The summed E-state index contributed by atoms with van der Waals surface area (Å²) in [4.78, 5) is 47.2. The zero-order valence-electron chi connectivity index (χ0n) is 16.3. The Hall–Kier alpha value is -2.94. The van der Waals surface area contributed by atoms with Gasteiger partial charge in [-0.1, -0.05) is 18.2 Å². The molecule has 0 bridgehead atoms. The summed E-state index contributed by atoms with van der Waals surface area (Å²) in [6.07, 6.45) is -3.56. The first kappa shape index (κ1) is 20.8. The van der Waals surface area contributed by atoms with Gasteiger partial charge in [0.1, 0.15) is 6.10 Å². The number of hydrogen-bond donors (Lipinski definition) is 0. The molecule has 9 heteroatoms. The quantitative estimate of drug-likeness (QED) is 0.530. The highest BCUT2D eigenvalue weighted by atomic mass is 16.8. The number of hydrogen-bond acceptors (Lipinski definition) is 9. The van der Waals surface area contributed by atoms with E-state index in [2.05, 4.69) is 0 Å². The highest BCUT2D eigenvalue weighted by Crippen LogP contribution is 2.50. The van der Waals surface area contributed by atoms with Crippen LogP contribution >= 0.6 is 0 Å². The minimum atomic E-state index is -1.29. The molecule has 1 aliphatic carbocycles. The van der Waals surface area contributed by atoms with Crippen molar-refractivity contribution in [1.82, 2.24) is 0 Å². The molecule has 1 spiro atoms. The van der Waals surface area contributed by atoms with Crippen molar-refractivity contribution in [1.29, 1.82) is 0 Å². The van der Waals surface area contributed by atoms with Crippen LogP contribution in [0.2, 0.25) is 0 Å². The van der Waals surface area contributed by atoms with Crippen molar-refractivity contribution < 1.29 is 42.9 Å². The van der Waals surface area contributed by atoms with Crippen molar-refractivity contribution in [3.63, 3.8) is 0 Å². The standard InChI is InChI=1S/C20H22O9/c1-11(21)25-16-17(26-12(2)22)20(29-19(16)27-13(3)23)10-9-15(20)28-18(24)14-7-5-4-6-8-14/h4-8,15-17,19H,9-10H2,1-3H3/t15-,16-,17?,19?,20-/m0/s1. The first-order chi connectivity index (χ1) is 13.7. The predicted molar refractivity (Wildman–Crippen MR) is 95.4 cm³/mol. The second kappa shape index (κ2) is 8.20. The summed E-state index contributed by atoms with van der Waals surface area (Å²) in [5.74, 6) is -2.54. The van der Waals surface area contributed by atoms with E-state index in [1.807, 2.05) is 0 Å². The van der Waals surface area contributed by atoms with Crippen LogP contribution in [0.3, 0.4) is 0 Å². The van der Waals surface area contributed by atoms with Crippen molar-refractivity contribution in [2.75, 3.05) is 0 Å². The molecule has 0 radical (unpaired) electrons. The highest BCUT2D eigenvalue weighted by Gasteiger charge is 2.69. The molecule has 9 nitrogen and oxygen atoms in total. The second-order valence-corrected chi connectivity index (χ2v) is 6.95. The third-order valence-electron chi connectivity index (χ3n) is 4.86. The summed E-state index contributed by atoms with van der Waals surface area (Å²) < 4.78 is 27.3. The van der Waals surface area contributed by atoms with Crippen LogP contribution in [0, 0.1) is 0 Å². The molecule has 1 saturated carbocycles. The lowest BCUT2D eigenvalue weighted by Gasteiger charge is -2.47. The molecule has 3 rings (SSSR count). The Morgan fingerprint density at radius 3 is 2.03 bits per heavy atom. The summed E-state index contributed by atoms with van der Waals surface area (Å²) >= 11 is 0. The maximum atomic E-state index is 12.5. The van der Waals surface area contributed by atoms with E-state index >= 15 is 0 Å². The minimum absolute atomic E-state index is 0.352. The molecule has 2 aliphatic rings. The van der Waals surface area contributed by atoms with Crippen molar-refractivity contribution in [3.05, 3.63) is 35.9 Å². The molecular weight excluding hydrogens is 384 g/mol. The molecule has 2 unspecified atom stereocenters. The smallest absolute Gasteiger partial charge is 0.338 e. The molecule has 1 aromatic rings. The summed E-state index contributed by atoms with van der Waals surface area (Å²) in [6, 6.07) is 8.39. The van der Waals surface area contributed by atoms with Crippen LogP contribution in [0.5, 0.6) is 0 Å². The molecule has 1 aromatic carbocycles. The average Bonchev–Trinajstić information content (AvgIpc) is 2.93. The molecule has 0 aromatic heterocycles. The number of carbonyl (C=O) groups is 4. The predicted octanol–water partition coefficient (Wildman–Crippen LogP) is 1.53. The van der Waals surface area contributed by atoms with Crippen molar-refractivity contribution in [2.24, 2.45) is 0 Å². The molecule has 1 saturated heterocycles. The molecule has 29 heavy (non-hydrogen) atoms. The van der Waals surface area contributed by atoms with Gasteiger partial charge in [-0.15, -0.1) is 0 Å². The Kier molecular flexibility index (Phi) is 5.88. The van der Waals surface area contributed by atoms with E-state index in [1.165, 1.54) is 20.8 Å². The van der Waals surface area contributed by atoms with Gasteiger partial charge < -0.3 is 23.7 Å². The van der Waals surface area contributed by atoms with Gasteiger partial charge in [0.2, 0.25) is 12.4 Å². The first-order valence-electron chi connectivity index (χ1n) is 9.18. The van der Waals surface area contributed by atoms with Crippen molar-refractivity contribution >= 4 is 23.9 Å². The van der Waals surface area contributed by atoms with E-state index in [-0.39, 0.29) is 0 Å². The molecule has 1 aliphatic heterocycles. The van der Waals surface area contributed by atoms with E-state index in [4.69, 9.17) is 23.7 Å². The fourth-order valence-corrected chi connectivity index (χ4v) is 3.62. The molecule has 2 fully saturated rings. The normalized spacial score (nSPS) is 30.2. The third-order valence-corrected chi connectivity index (χ3v) is 4.86. The molecule has 0 amide bonds. The van der Waals surface area contributed by atoms with Crippen LogP contribution in [0.25, 0.3) is 0 Å². The number of esters is 4. The zero-order valence-corrected chi connectivity index (χ0v) is 16.3. The molecular formula is C20H22O9. The molecule has 156 valence electrons. The highest BCUT2D eigenvalue weighted by molar-refractivity contribution is 5.89. The number of ether oxygens (including phenoxy) is 5. The zero-order chi connectivity index (χ0) is 21.2. The maximum absolute atomic E-state index is 12.5. The van der Waals surface area contributed by atoms with Gasteiger partial charge in [0.05, 0.1) is 5.56 Å². The molecule has 5 atom stereocenters. The van der Waals surface area contributed by atoms with Gasteiger partial charge in [-0.05, 0) is 25.0 Å². The number of rotatable bonds is 5. The van der Waals surface area contributed by atoms with Gasteiger partial charge >= 0.3 is 23.9 Å². The van der Waals surface area contributed by atoms with E-state index in [9.17, 15) is 19.2 Å². The van der Waals surface area contributed by atoms with Gasteiger partial charge in [-0.25, -0.2) is 4.79 Å². The fraction of sp³-hybridized carbons (Fsp3) is 0.500. The lowest BCUT2D eigenvalue weighted by Crippen LogP contribution is -2.62. The van der Waals surface area contributed by atoms with Gasteiger partial charge in [0.25, 0.3) is 0 Å². The van der Waals surface area contributed by atoms with E-state index in [0.29, 0.717) is 18.4 Å². The van der Waals surface area contributed by atoms with Gasteiger partial charge in [0.15, 0.2) is 11.7 Å². The second-order valence-electron chi connectivity index (χ2n) is 6.95. The Labute approximate surface area is 167 Å². The Morgan fingerprint density at radius 2 is 1.52 bits per heavy atom. The number of benzene rings is 1. The van der Waals surface area contributed by atoms with Crippen LogP contribution in [-0.2, 0) is 38.1 Å². The third kappa shape index (κ3) is 4.24. The monoisotopic (exact) mass is 406 g/mol. The SMILES string of the molecule is CC(=O)OC1O[C@]2(CC[C@@H]2OC(=O)c2ccccc2)C(OC(C)=O)[C@@H]1OC(C)=O. The molecule has 1 heterocycles. The Balaban J connectivity index is 1.87. The fourth-order valence-electron chi connectivity index (χ4n) is 3.62. The van der Waals surface area contributed by atoms with Crippen LogP contribution < -0.4 is 0 Å². The van der Waals surface area contributed by atoms with E-state index in [0.717, 1.165) is 0 Å². The topological polar surface area (TPSA) is 114 Å². The summed E-state index contributed by atoms with van der Waals surface area (Å²) in [5, 5.41) is 0. The minimum Gasteiger partial charge on any atom is -0.456 e. The summed E-state index contributed by atoms with van der Waals surface area (Å²) in [7, 11) is 0. The summed E-state index contributed by atoms with van der Waals surface area (Å²) in [5.41, 5.74) is -0.930. The largest absolute Gasteiger partial charge is 0.456 e. The van der Waals surface area contributed by atoms with Crippen molar-refractivity contribution in [2.45, 2.75) is 63.8 Å². The lowest BCUT2D eigenvalue weighted by molar-refractivity contribution is -0.246. The molecule has 0 N–H and O–H groups in total. The average molecular weight is 406 g/mol. The van der Waals surface area contributed by atoms with Gasteiger partial charge in [-0.2, -0.15) is 0 Å².